The number of guanidine groups is 1. The minimum Gasteiger partial charge on any atom is -0.493 e. The number of ether oxygens (including phenoxy) is 1. The van der Waals surface area contributed by atoms with Gasteiger partial charge in [-0.15, -0.1) is 24.0 Å². The first-order valence-electron chi connectivity index (χ1n) is 10.1. The number of halogens is 1. The molecule has 1 amide bonds. The molecule has 1 heterocycles. The smallest absolute Gasteiger partial charge is 0.222 e. The van der Waals surface area contributed by atoms with Crippen molar-refractivity contribution in [3.05, 3.63) is 29.3 Å². The van der Waals surface area contributed by atoms with Crippen LogP contribution in [0.5, 0.6) is 5.75 Å². The van der Waals surface area contributed by atoms with Gasteiger partial charge in [0.05, 0.1) is 6.61 Å². The van der Waals surface area contributed by atoms with Gasteiger partial charge in [0.15, 0.2) is 5.96 Å². The number of benzene rings is 1. The zero-order valence-electron chi connectivity index (χ0n) is 17.4. The molecule has 1 aliphatic rings. The van der Waals surface area contributed by atoms with Crippen LogP contribution >= 0.6 is 24.0 Å². The fraction of sp³-hybridized carbons (Fsp3) is 0.619. The number of aliphatic imine (C=N–C) groups is 1. The van der Waals surface area contributed by atoms with Crippen molar-refractivity contribution in [3.63, 3.8) is 0 Å². The van der Waals surface area contributed by atoms with Crippen molar-refractivity contribution in [2.75, 3.05) is 39.3 Å². The number of para-hydroxylation sites is 1. The van der Waals surface area contributed by atoms with Gasteiger partial charge in [-0.1, -0.05) is 18.2 Å². The van der Waals surface area contributed by atoms with Gasteiger partial charge in [0, 0.05) is 45.6 Å². The van der Waals surface area contributed by atoms with Crippen molar-refractivity contribution in [2.24, 2.45) is 4.99 Å². The van der Waals surface area contributed by atoms with Crippen molar-refractivity contribution in [1.82, 2.24) is 15.5 Å². The lowest BCUT2D eigenvalue weighted by Crippen LogP contribution is -2.39. The lowest BCUT2D eigenvalue weighted by Gasteiger charge is -2.16. The summed E-state index contributed by atoms with van der Waals surface area (Å²) < 4.78 is 5.93. The maximum Gasteiger partial charge on any atom is 0.222 e. The van der Waals surface area contributed by atoms with Gasteiger partial charge < -0.3 is 20.3 Å². The molecule has 0 radical (unpaired) electrons. The Labute approximate surface area is 186 Å². The number of carbonyl (C=O) groups excluding carboxylic acids is 1. The van der Waals surface area contributed by atoms with Crippen LogP contribution in [-0.4, -0.2) is 56.1 Å². The van der Waals surface area contributed by atoms with Gasteiger partial charge in [-0.3, -0.25) is 9.79 Å². The van der Waals surface area contributed by atoms with Gasteiger partial charge in [-0.25, -0.2) is 0 Å². The summed E-state index contributed by atoms with van der Waals surface area (Å²) in [5, 5.41) is 6.61. The van der Waals surface area contributed by atoms with E-state index in [1.807, 2.05) is 4.90 Å². The van der Waals surface area contributed by atoms with Crippen LogP contribution in [0.15, 0.2) is 23.2 Å². The molecule has 1 saturated heterocycles. The molecule has 158 valence electrons. The number of likely N-dealkylation sites (tertiary alicyclic amines) is 1. The second-order valence-corrected chi connectivity index (χ2v) is 6.95. The molecular weight excluding hydrogens is 467 g/mol. The first-order valence-corrected chi connectivity index (χ1v) is 10.1. The maximum atomic E-state index is 11.6. The Hall–Kier alpha value is -1.51. The largest absolute Gasteiger partial charge is 0.493 e. The van der Waals surface area contributed by atoms with Crippen molar-refractivity contribution < 1.29 is 9.53 Å². The number of rotatable bonds is 10. The summed E-state index contributed by atoms with van der Waals surface area (Å²) in [5.74, 6) is 2.11. The number of hydrogen-bond acceptors (Lipinski definition) is 3. The Morgan fingerprint density at radius 1 is 1.21 bits per heavy atom. The highest BCUT2D eigenvalue weighted by Gasteiger charge is 2.18. The molecule has 1 aromatic rings. The Balaban J connectivity index is 0.00000392. The Morgan fingerprint density at radius 2 is 1.96 bits per heavy atom. The Kier molecular flexibility index (Phi) is 11.9. The second-order valence-electron chi connectivity index (χ2n) is 6.95. The molecule has 0 saturated carbocycles. The molecule has 2 rings (SSSR count). The van der Waals surface area contributed by atoms with Crippen molar-refractivity contribution in [2.45, 2.75) is 46.5 Å². The minimum atomic E-state index is 0. The first kappa shape index (κ1) is 24.5. The number of nitrogens with one attached hydrogen (secondary N) is 2. The van der Waals surface area contributed by atoms with Gasteiger partial charge in [0.1, 0.15) is 5.75 Å². The summed E-state index contributed by atoms with van der Waals surface area (Å²) in [4.78, 5) is 18.2. The minimum absolute atomic E-state index is 0. The second kappa shape index (κ2) is 13.6. The summed E-state index contributed by atoms with van der Waals surface area (Å²) >= 11 is 0. The summed E-state index contributed by atoms with van der Waals surface area (Å²) in [6.45, 7) is 11.0. The Morgan fingerprint density at radius 3 is 2.61 bits per heavy atom. The van der Waals surface area contributed by atoms with Crippen LogP contribution in [0.3, 0.4) is 0 Å². The SMILES string of the molecule is CCNC(=NCCCOc1c(C)cccc1C)NCCCN1CCCC1=O.I. The third-order valence-corrected chi connectivity index (χ3v) is 4.64. The van der Waals surface area contributed by atoms with E-state index in [1.165, 1.54) is 11.1 Å². The van der Waals surface area contributed by atoms with E-state index in [0.717, 1.165) is 57.2 Å². The summed E-state index contributed by atoms with van der Waals surface area (Å²) in [7, 11) is 0. The average molecular weight is 502 g/mol. The molecule has 0 aliphatic carbocycles. The summed E-state index contributed by atoms with van der Waals surface area (Å²) in [6, 6.07) is 6.20. The highest BCUT2D eigenvalue weighted by atomic mass is 127. The molecule has 0 bridgehead atoms. The molecule has 1 aliphatic heterocycles. The Bertz CT molecular complexity index is 617. The van der Waals surface area contributed by atoms with E-state index in [1.54, 1.807) is 0 Å². The molecule has 0 unspecified atom stereocenters. The van der Waals surface area contributed by atoms with Crippen LogP contribution in [0.2, 0.25) is 0 Å². The van der Waals surface area contributed by atoms with E-state index in [0.29, 0.717) is 25.5 Å². The van der Waals surface area contributed by atoms with E-state index in [9.17, 15) is 4.79 Å². The highest BCUT2D eigenvalue weighted by Crippen LogP contribution is 2.22. The zero-order valence-corrected chi connectivity index (χ0v) is 19.8. The third-order valence-electron chi connectivity index (χ3n) is 4.64. The number of hydrogen-bond donors (Lipinski definition) is 2. The van der Waals surface area contributed by atoms with Crippen molar-refractivity contribution in [1.29, 1.82) is 0 Å². The third kappa shape index (κ3) is 8.24. The van der Waals surface area contributed by atoms with E-state index in [4.69, 9.17) is 4.74 Å². The summed E-state index contributed by atoms with van der Waals surface area (Å²) in [5.41, 5.74) is 2.34. The van der Waals surface area contributed by atoms with Gasteiger partial charge in [0.2, 0.25) is 5.91 Å². The van der Waals surface area contributed by atoms with Gasteiger partial charge in [0.25, 0.3) is 0 Å². The van der Waals surface area contributed by atoms with Crippen LogP contribution in [0.1, 0.15) is 43.7 Å². The summed E-state index contributed by atoms with van der Waals surface area (Å²) in [6.07, 6.45) is 3.51. The number of amides is 1. The van der Waals surface area contributed by atoms with Crippen LogP contribution < -0.4 is 15.4 Å². The van der Waals surface area contributed by atoms with Crippen molar-refractivity contribution >= 4 is 35.8 Å². The van der Waals surface area contributed by atoms with Crippen LogP contribution in [0.25, 0.3) is 0 Å². The quantitative estimate of drug-likeness (QED) is 0.223. The first-order chi connectivity index (χ1) is 13.1. The molecule has 0 atom stereocenters. The molecular formula is C21H35IN4O2. The molecule has 2 N–H and O–H groups in total. The topological polar surface area (TPSA) is 66.0 Å². The molecule has 1 aromatic carbocycles. The van der Waals surface area contributed by atoms with E-state index in [2.05, 4.69) is 54.6 Å². The molecule has 1 fully saturated rings. The number of nitrogens with zero attached hydrogens (tertiary/aromatic N) is 2. The van der Waals surface area contributed by atoms with Gasteiger partial charge in [-0.05, 0) is 44.7 Å². The van der Waals surface area contributed by atoms with Crippen LogP contribution in [-0.2, 0) is 4.79 Å². The van der Waals surface area contributed by atoms with Gasteiger partial charge in [-0.2, -0.15) is 0 Å². The standard InChI is InChI=1S/C21H34N4O2.HI/c1-4-22-21(23-12-7-15-25-14-6-11-19(25)26)24-13-8-16-27-20-17(2)9-5-10-18(20)3;/h5,9-10H,4,6-8,11-16H2,1-3H3,(H2,22,23,24);1H. The van der Waals surface area contributed by atoms with Crippen LogP contribution in [0.4, 0.5) is 0 Å². The van der Waals surface area contributed by atoms with E-state index in [-0.39, 0.29) is 24.0 Å². The lowest BCUT2D eigenvalue weighted by atomic mass is 10.1. The predicted molar refractivity (Wildman–Crippen MR) is 126 cm³/mol. The highest BCUT2D eigenvalue weighted by molar-refractivity contribution is 14.0. The molecule has 0 aromatic heterocycles. The van der Waals surface area contributed by atoms with Gasteiger partial charge >= 0.3 is 0 Å². The normalized spacial score (nSPS) is 14.0. The molecule has 6 nitrogen and oxygen atoms in total. The molecule has 0 spiro atoms. The predicted octanol–water partition coefficient (Wildman–Crippen LogP) is 3.26. The zero-order chi connectivity index (χ0) is 19.5. The monoisotopic (exact) mass is 502 g/mol. The number of aryl methyl sites for hydroxylation is 2. The lowest BCUT2D eigenvalue weighted by molar-refractivity contribution is -0.127. The van der Waals surface area contributed by atoms with E-state index >= 15 is 0 Å². The fourth-order valence-corrected chi connectivity index (χ4v) is 3.22. The van der Waals surface area contributed by atoms with Crippen LogP contribution in [0, 0.1) is 13.8 Å². The molecule has 7 heteroatoms. The average Bonchev–Trinajstić information content (AvgIpc) is 3.05. The van der Waals surface area contributed by atoms with Crippen molar-refractivity contribution in [3.8, 4) is 5.75 Å². The molecule has 28 heavy (non-hydrogen) atoms. The van der Waals surface area contributed by atoms with E-state index < -0.39 is 0 Å². The number of carbonyl (C=O) groups is 1. The fourth-order valence-electron chi connectivity index (χ4n) is 3.22. The maximum absolute atomic E-state index is 11.6.